The van der Waals surface area contributed by atoms with E-state index in [0.717, 1.165) is 16.8 Å². The monoisotopic (exact) mass is 265 g/mol. The van der Waals surface area contributed by atoms with Gasteiger partial charge in [0.05, 0.1) is 5.69 Å². The van der Waals surface area contributed by atoms with Gasteiger partial charge < -0.3 is 5.11 Å². The zero-order valence-corrected chi connectivity index (χ0v) is 9.70. The Balaban J connectivity index is 2.83. The van der Waals surface area contributed by atoms with Crippen LogP contribution in [0.25, 0.3) is 5.69 Å². The van der Waals surface area contributed by atoms with Crippen molar-refractivity contribution >= 4 is 5.97 Å². The van der Waals surface area contributed by atoms with Gasteiger partial charge in [-0.25, -0.2) is 23.2 Å². The molecule has 0 radical (unpaired) electrons. The summed E-state index contributed by atoms with van der Waals surface area (Å²) in [5, 5.41) is 12.2. The molecule has 98 valence electrons. The van der Waals surface area contributed by atoms with Crippen LogP contribution in [0.2, 0.25) is 0 Å². The molecule has 0 spiro atoms. The summed E-state index contributed by atoms with van der Waals surface area (Å²) < 4.78 is 14.2. The first-order valence-electron chi connectivity index (χ1n) is 5.11. The fourth-order valence-corrected chi connectivity index (χ4v) is 1.53. The number of carbonyl (C=O) groups is 1. The summed E-state index contributed by atoms with van der Waals surface area (Å²) in [6.45, 7) is 0. The van der Waals surface area contributed by atoms with E-state index in [1.54, 1.807) is 0 Å². The second kappa shape index (κ2) is 4.48. The minimum Gasteiger partial charge on any atom is -0.476 e. The number of aromatic carboxylic acids is 1. The van der Waals surface area contributed by atoms with Gasteiger partial charge >= 0.3 is 11.7 Å². The second-order valence-corrected chi connectivity index (χ2v) is 3.68. The third-order valence-electron chi connectivity index (χ3n) is 2.41. The number of nitrogens with zero attached hydrogens (tertiary/aromatic N) is 3. The van der Waals surface area contributed by atoms with E-state index in [2.05, 4.69) is 5.10 Å². The highest BCUT2D eigenvalue weighted by Gasteiger charge is 2.18. The molecule has 1 aromatic heterocycles. The number of rotatable bonds is 2. The summed E-state index contributed by atoms with van der Waals surface area (Å²) in [4.78, 5) is 34.6. The molecular weight excluding hydrogens is 257 g/mol. The Labute approximate surface area is 105 Å². The third kappa shape index (κ3) is 2.15. The van der Waals surface area contributed by atoms with Crippen molar-refractivity contribution in [3.8, 4) is 5.69 Å². The van der Waals surface area contributed by atoms with E-state index < -0.39 is 28.7 Å². The van der Waals surface area contributed by atoms with Gasteiger partial charge in [0.2, 0.25) is 5.69 Å². The molecule has 0 fully saturated rings. The van der Waals surface area contributed by atoms with E-state index in [9.17, 15) is 18.8 Å². The highest BCUT2D eigenvalue weighted by atomic mass is 19.1. The van der Waals surface area contributed by atoms with Crippen molar-refractivity contribution in [3.05, 3.63) is 56.6 Å². The van der Waals surface area contributed by atoms with Crippen LogP contribution in [-0.4, -0.2) is 25.4 Å². The van der Waals surface area contributed by atoms with Gasteiger partial charge in [0, 0.05) is 7.05 Å². The summed E-state index contributed by atoms with van der Waals surface area (Å²) in [5.74, 6) is -2.09. The zero-order chi connectivity index (χ0) is 14.2. The van der Waals surface area contributed by atoms with Crippen LogP contribution in [0.4, 0.5) is 4.39 Å². The Hall–Kier alpha value is -2.77. The Morgan fingerprint density at radius 3 is 2.37 bits per heavy atom. The topological polar surface area (TPSA) is 94.2 Å². The molecule has 0 atom stereocenters. The summed E-state index contributed by atoms with van der Waals surface area (Å²) in [7, 11) is 1.22. The van der Waals surface area contributed by atoms with Gasteiger partial charge in [0.25, 0.3) is 5.56 Å². The molecule has 0 unspecified atom stereocenters. The molecular formula is C11H8FN3O4. The largest absolute Gasteiger partial charge is 0.476 e. The lowest BCUT2D eigenvalue weighted by Crippen LogP contribution is -2.42. The standard InChI is InChI=1S/C11H8FN3O4/c1-14-11(19)15(7-4-2-6(12)3-5-7)9(16)8(13-14)10(17)18/h2-5H,1H3,(H,17,18). The van der Waals surface area contributed by atoms with E-state index >= 15 is 0 Å². The molecule has 8 heteroatoms. The predicted molar refractivity (Wildman–Crippen MR) is 62.0 cm³/mol. The van der Waals surface area contributed by atoms with Crippen LogP contribution in [0.1, 0.15) is 10.5 Å². The van der Waals surface area contributed by atoms with Crippen LogP contribution in [0.15, 0.2) is 33.9 Å². The maximum Gasteiger partial charge on any atom is 0.362 e. The fraction of sp³-hybridized carbons (Fsp3) is 0.0909. The molecule has 1 aromatic carbocycles. The number of aromatic nitrogens is 3. The molecule has 19 heavy (non-hydrogen) atoms. The quantitative estimate of drug-likeness (QED) is 0.809. The number of hydrogen-bond acceptors (Lipinski definition) is 4. The highest BCUT2D eigenvalue weighted by molar-refractivity contribution is 5.84. The zero-order valence-electron chi connectivity index (χ0n) is 9.70. The van der Waals surface area contributed by atoms with E-state index in [0.29, 0.717) is 4.57 Å². The number of carboxylic acids is 1. The first-order valence-corrected chi connectivity index (χ1v) is 5.11. The smallest absolute Gasteiger partial charge is 0.362 e. The summed E-state index contributed by atoms with van der Waals surface area (Å²) >= 11 is 0. The van der Waals surface area contributed by atoms with Gasteiger partial charge in [-0.2, -0.15) is 5.10 Å². The van der Waals surface area contributed by atoms with Gasteiger partial charge in [-0.15, -0.1) is 0 Å². The normalized spacial score (nSPS) is 10.4. The minimum atomic E-state index is -1.54. The van der Waals surface area contributed by atoms with Gasteiger partial charge in [0.15, 0.2) is 0 Å². The molecule has 0 saturated carbocycles. The lowest BCUT2D eigenvalue weighted by Gasteiger charge is -2.07. The van der Waals surface area contributed by atoms with Crippen LogP contribution in [0, 0.1) is 5.82 Å². The van der Waals surface area contributed by atoms with E-state index in [1.807, 2.05) is 0 Å². The van der Waals surface area contributed by atoms with Crippen LogP contribution < -0.4 is 11.2 Å². The molecule has 0 aliphatic heterocycles. The van der Waals surface area contributed by atoms with Crippen LogP contribution in [0.5, 0.6) is 0 Å². The Bertz CT molecular complexity index is 761. The van der Waals surface area contributed by atoms with Crippen LogP contribution in [0.3, 0.4) is 0 Å². The first kappa shape index (κ1) is 12.7. The summed E-state index contributed by atoms with van der Waals surface area (Å²) in [6.07, 6.45) is 0. The van der Waals surface area contributed by atoms with E-state index in [-0.39, 0.29) is 5.69 Å². The number of carboxylic acid groups (broad SMARTS) is 1. The van der Waals surface area contributed by atoms with Gasteiger partial charge in [-0.1, -0.05) is 0 Å². The average molecular weight is 265 g/mol. The lowest BCUT2D eigenvalue weighted by molar-refractivity contribution is 0.0684. The molecule has 1 N–H and O–H groups in total. The van der Waals surface area contributed by atoms with Crippen molar-refractivity contribution in [1.82, 2.24) is 14.3 Å². The average Bonchev–Trinajstić information content (AvgIpc) is 2.36. The minimum absolute atomic E-state index is 0.0666. The van der Waals surface area contributed by atoms with Crippen molar-refractivity contribution in [1.29, 1.82) is 0 Å². The molecule has 0 aliphatic carbocycles. The van der Waals surface area contributed by atoms with Crippen molar-refractivity contribution in [2.75, 3.05) is 0 Å². The van der Waals surface area contributed by atoms with Crippen molar-refractivity contribution in [3.63, 3.8) is 0 Å². The van der Waals surface area contributed by atoms with Gasteiger partial charge in [-0.05, 0) is 24.3 Å². The number of hydrogen-bond donors (Lipinski definition) is 1. The molecule has 0 aliphatic rings. The van der Waals surface area contributed by atoms with Gasteiger partial charge in [-0.3, -0.25) is 4.79 Å². The van der Waals surface area contributed by atoms with E-state index in [1.165, 1.54) is 19.2 Å². The van der Waals surface area contributed by atoms with Crippen LogP contribution >= 0.6 is 0 Å². The molecule has 1 heterocycles. The Morgan fingerprint density at radius 1 is 1.26 bits per heavy atom. The Kier molecular flexibility index (Phi) is 2.99. The lowest BCUT2D eigenvalue weighted by atomic mass is 10.3. The molecule has 0 bridgehead atoms. The number of benzene rings is 1. The number of halogens is 1. The predicted octanol–water partition coefficient (Wildman–Crippen LogP) is -0.231. The Morgan fingerprint density at radius 2 is 1.84 bits per heavy atom. The first-order chi connectivity index (χ1) is 8.91. The van der Waals surface area contributed by atoms with Crippen molar-refractivity contribution in [2.24, 2.45) is 7.05 Å². The van der Waals surface area contributed by atoms with Crippen molar-refractivity contribution in [2.45, 2.75) is 0 Å². The second-order valence-electron chi connectivity index (χ2n) is 3.68. The summed E-state index contributed by atoms with van der Waals surface area (Å²) in [6, 6.07) is 4.51. The third-order valence-corrected chi connectivity index (χ3v) is 2.41. The fourth-order valence-electron chi connectivity index (χ4n) is 1.53. The summed E-state index contributed by atoms with van der Waals surface area (Å²) in [5.41, 5.74) is -2.60. The molecule has 2 aromatic rings. The molecule has 2 rings (SSSR count). The molecule has 0 amide bonds. The number of aryl methyl sites for hydroxylation is 1. The SMILES string of the molecule is Cn1nc(C(=O)O)c(=O)n(-c2ccc(F)cc2)c1=O. The van der Waals surface area contributed by atoms with Crippen LogP contribution in [-0.2, 0) is 7.05 Å². The maximum atomic E-state index is 12.8. The van der Waals surface area contributed by atoms with Crippen molar-refractivity contribution < 1.29 is 14.3 Å². The molecule has 0 saturated heterocycles. The maximum absolute atomic E-state index is 12.8. The van der Waals surface area contributed by atoms with Gasteiger partial charge in [0.1, 0.15) is 5.82 Å². The van der Waals surface area contributed by atoms with E-state index in [4.69, 9.17) is 5.11 Å². The molecule has 7 nitrogen and oxygen atoms in total. The highest BCUT2D eigenvalue weighted by Crippen LogP contribution is 2.04.